The number of aromatic amines is 1. The third-order valence-electron chi connectivity index (χ3n) is 2.54. The van der Waals surface area contributed by atoms with E-state index in [1.165, 1.54) is 0 Å². The van der Waals surface area contributed by atoms with Crippen molar-refractivity contribution in [3.63, 3.8) is 0 Å². The molecule has 0 amide bonds. The maximum atomic E-state index is 4.45. The lowest BCUT2D eigenvalue weighted by molar-refractivity contribution is 0.773. The van der Waals surface area contributed by atoms with Crippen LogP contribution < -0.4 is 5.32 Å². The van der Waals surface area contributed by atoms with E-state index in [9.17, 15) is 0 Å². The van der Waals surface area contributed by atoms with E-state index in [0.717, 1.165) is 34.9 Å². The third kappa shape index (κ3) is 3.29. The Hall–Kier alpha value is -1.43. The van der Waals surface area contributed by atoms with Crippen molar-refractivity contribution in [1.82, 2.24) is 19.9 Å². The van der Waals surface area contributed by atoms with Gasteiger partial charge in [0.25, 0.3) is 0 Å². The Balaban J connectivity index is 1.90. The van der Waals surface area contributed by atoms with Crippen LogP contribution in [0, 0.1) is 0 Å². The molecule has 0 bridgehead atoms. The fourth-order valence-electron chi connectivity index (χ4n) is 1.55. The molecule has 0 aliphatic rings. The number of nitrogens with one attached hydrogen (secondary N) is 2. The molecule has 2 heterocycles. The van der Waals surface area contributed by atoms with Crippen LogP contribution in [0.25, 0.3) is 0 Å². The number of halogens is 1. The highest BCUT2D eigenvalue weighted by Crippen LogP contribution is 2.13. The van der Waals surface area contributed by atoms with Gasteiger partial charge in [0.15, 0.2) is 0 Å². The quantitative estimate of drug-likeness (QED) is 0.891. The van der Waals surface area contributed by atoms with Crippen molar-refractivity contribution in [1.29, 1.82) is 0 Å². The van der Waals surface area contributed by atoms with Gasteiger partial charge >= 0.3 is 0 Å². The van der Waals surface area contributed by atoms with Gasteiger partial charge < -0.3 is 10.3 Å². The molecule has 2 aromatic rings. The molecule has 0 radical (unpaired) electrons. The third-order valence-corrected chi connectivity index (χ3v) is 3.22. The number of hydrogen-bond acceptors (Lipinski definition) is 4. The van der Waals surface area contributed by atoms with Gasteiger partial charge in [0, 0.05) is 25.1 Å². The highest BCUT2D eigenvalue weighted by molar-refractivity contribution is 9.10. The molecule has 0 aliphatic carbocycles. The standard InChI is InChI=1S/C12H16BrN5/c1-8(2)12-15-6-4-10(18-12)14-5-3-9-11(13)17-7-16-9/h4,6-8H,3,5H2,1-2H3,(H,16,17)(H,14,15,18). The van der Waals surface area contributed by atoms with Gasteiger partial charge in [-0.3, -0.25) is 0 Å². The molecule has 2 N–H and O–H groups in total. The number of aromatic nitrogens is 4. The summed E-state index contributed by atoms with van der Waals surface area (Å²) in [7, 11) is 0. The first kappa shape index (κ1) is 13.0. The summed E-state index contributed by atoms with van der Waals surface area (Å²) in [6.07, 6.45) is 4.33. The number of anilines is 1. The number of H-pyrrole nitrogens is 1. The van der Waals surface area contributed by atoms with Crippen LogP contribution in [0.1, 0.15) is 31.3 Å². The molecular weight excluding hydrogens is 294 g/mol. The Morgan fingerprint density at radius 1 is 1.39 bits per heavy atom. The molecule has 96 valence electrons. The van der Waals surface area contributed by atoms with Crippen molar-refractivity contribution in [3.8, 4) is 0 Å². The minimum absolute atomic E-state index is 0.341. The van der Waals surface area contributed by atoms with E-state index in [2.05, 4.69) is 55.0 Å². The molecule has 2 aromatic heterocycles. The summed E-state index contributed by atoms with van der Waals surface area (Å²) in [4.78, 5) is 15.9. The van der Waals surface area contributed by atoms with Crippen LogP contribution in [-0.2, 0) is 6.42 Å². The molecule has 0 fully saturated rings. The van der Waals surface area contributed by atoms with Gasteiger partial charge in [-0.25, -0.2) is 15.0 Å². The molecule has 0 aliphatic heterocycles. The Bertz CT molecular complexity index is 509. The maximum absolute atomic E-state index is 4.45. The zero-order chi connectivity index (χ0) is 13.0. The van der Waals surface area contributed by atoms with Gasteiger partial charge in [0.05, 0.1) is 12.0 Å². The fourth-order valence-corrected chi connectivity index (χ4v) is 1.96. The summed E-state index contributed by atoms with van der Waals surface area (Å²) in [6.45, 7) is 4.97. The Morgan fingerprint density at radius 3 is 2.89 bits per heavy atom. The molecule has 0 saturated heterocycles. The summed E-state index contributed by atoms with van der Waals surface area (Å²) in [5.41, 5.74) is 1.08. The predicted octanol–water partition coefficient (Wildman–Crippen LogP) is 2.74. The van der Waals surface area contributed by atoms with Crippen molar-refractivity contribution < 1.29 is 0 Å². The summed E-state index contributed by atoms with van der Waals surface area (Å²) in [5.74, 6) is 2.07. The van der Waals surface area contributed by atoms with E-state index < -0.39 is 0 Å². The summed E-state index contributed by atoms with van der Waals surface area (Å²) in [6, 6.07) is 1.88. The molecule has 0 saturated carbocycles. The first-order valence-corrected chi connectivity index (χ1v) is 6.70. The number of hydrogen-bond donors (Lipinski definition) is 2. The lowest BCUT2D eigenvalue weighted by Gasteiger charge is -2.08. The Kier molecular flexibility index (Phi) is 4.30. The van der Waals surface area contributed by atoms with Crippen LogP contribution in [0.5, 0.6) is 0 Å². The lowest BCUT2D eigenvalue weighted by Crippen LogP contribution is -2.08. The second-order valence-corrected chi connectivity index (χ2v) is 5.05. The smallest absolute Gasteiger partial charge is 0.133 e. The minimum atomic E-state index is 0.341. The van der Waals surface area contributed by atoms with E-state index in [1.807, 2.05) is 6.07 Å². The van der Waals surface area contributed by atoms with Gasteiger partial charge in [0.1, 0.15) is 16.2 Å². The molecule has 6 heteroatoms. The summed E-state index contributed by atoms with van der Waals surface area (Å²) >= 11 is 3.39. The molecule has 5 nitrogen and oxygen atoms in total. The highest BCUT2D eigenvalue weighted by Gasteiger charge is 2.04. The highest BCUT2D eigenvalue weighted by atomic mass is 79.9. The van der Waals surface area contributed by atoms with E-state index in [1.54, 1.807) is 12.5 Å². The molecule has 0 atom stereocenters. The van der Waals surface area contributed by atoms with Crippen molar-refractivity contribution in [2.45, 2.75) is 26.2 Å². The molecule has 2 rings (SSSR count). The minimum Gasteiger partial charge on any atom is -0.370 e. The van der Waals surface area contributed by atoms with E-state index in [-0.39, 0.29) is 0 Å². The first-order chi connectivity index (χ1) is 8.66. The lowest BCUT2D eigenvalue weighted by atomic mass is 10.2. The van der Waals surface area contributed by atoms with Crippen LogP contribution in [0.15, 0.2) is 23.2 Å². The average Bonchev–Trinajstić information content (AvgIpc) is 2.76. The van der Waals surface area contributed by atoms with Crippen molar-refractivity contribution in [2.24, 2.45) is 0 Å². The second-order valence-electron chi connectivity index (χ2n) is 4.30. The van der Waals surface area contributed by atoms with Crippen LogP contribution >= 0.6 is 15.9 Å². The fraction of sp³-hybridized carbons (Fsp3) is 0.417. The zero-order valence-corrected chi connectivity index (χ0v) is 12.0. The summed E-state index contributed by atoms with van der Waals surface area (Å²) < 4.78 is 0.870. The van der Waals surface area contributed by atoms with Crippen LogP contribution in [-0.4, -0.2) is 26.5 Å². The Morgan fingerprint density at radius 2 is 2.22 bits per heavy atom. The molecule has 0 unspecified atom stereocenters. The van der Waals surface area contributed by atoms with Crippen LogP contribution in [0.4, 0.5) is 5.82 Å². The predicted molar refractivity (Wildman–Crippen MR) is 74.6 cm³/mol. The van der Waals surface area contributed by atoms with E-state index in [0.29, 0.717) is 5.92 Å². The normalized spacial score (nSPS) is 10.9. The molecule has 18 heavy (non-hydrogen) atoms. The number of imidazole rings is 1. The van der Waals surface area contributed by atoms with Crippen LogP contribution in [0.3, 0.4) is 0 Å². The Labute approximate surface area is 115 Å². The summed E-state index contributed by atoms with van der Waals surface area (Å²) in [5, 5.41) is 3.29. The van der Waals surface area contributed by atoms with Gasteiger partial charge in [-0.15, -0.1) is 0 Å². The van der Waals surface area contributed by atoms with Gasteiger partial charge in [-0.2, -0.15) is 0 Å². The monoisotopic (exact) mass is 309 g/mol. The van der Waals surface area contributed by atoms with Gasteiger partial charge in [-0.05, 0) is 22.0 Å². The SMILES string of the molecule is CC(C)c1nccc(NCCc2[nH]cnc2Br)n1. The number of nitrogens with zero attached hydrogens (tertiary/aromatic N) is 3. The largest absolute Gasteiger partial charge is 0.370 e. The average molecular weight is 310 g/mol. The molecular formula is C12H16BrN5. The topological polar surface area (TPSA) is 66.5 Å². The van der Waals surface area contributed by atoms with Gasteiger partial charge in [-0.1, -0.05) is 13.8 Å². The van der Waals surface area contributed by atoms with Crippen molar-refractivity contribution in [3.05, 3.63) is 34.7 Å². The second kappa shape index (κ2) is 5.95. The zero-order valence-electron chi connectivity index (χ0n) is 10.4. The van der Waals surface area contributed by atoms with E-state index in [4.69, 9.17) is 0 Å². The molecule has 0 spiro atoms. The molecule has 0 aromatic carbocycles. The van der Waals surface area contributed by atoms with Gasteiger partial charge in [0.2, 0.25) is 0 Å². The van der Waals surface area contributed by atoms with Crippen molar-refractivity contribution in [2.75, 3.05) is 11.9 Å². The van der Waals surface area contributed by atoms with Crippen molar-refractivity contribution >= 4 is 21.7 Å². The van der Waals surface area contributed by atoms with Crippen LogP contribution in [0.2, 0.25) is 0 Å². The maximum Gasteiger partial charge on any atom is 0.133 e. The van der Waals surface area contributed by atoms with E-state index >= 15 is 0 Å². The first-order valence-electron chi connectivity index (χ1n) is 5.91. The number of rotatable bonds is 5.